The third kappa shape index (κ3) is 2.85. The first-order valence-corrected chi connectivity index (χ1v) is 6.90. The first-order valence-electron chi connectivity index (χ1n) is 6.90. The van der Waals surface area contributed by atoms with E-state index in [-0.39, 0.29) is 22.9 Å². The van der Waals surface area contributed by atoms with Gasteiger partial charge in [-0.25, -0.2) is 0 Å². The van der Waals surface area contributed by atoms with E-state index in [2.05, 4.69) is 5.32 Å². The molecule has 1 aromatic carbocycles. The topological polar surface area (TPSA) is 102 Å². The van der Waals surface area contributed by atoms with Crippen LogP contribution in [0.3, 0.4) is 0 Å². The molecule has 8 nitrogen and oxygen atoms in total. The van der Waals surface area contributed by atoms with E-state index in [4.69, 9.17) is 4.74 Å². The fourth-order valence-corrected chi connectivity index (χ4v) is 2.50. The molecular weight excluding hydrogens is 290 g/mol. The van der Waals surface area contributed by atoms with E-state index >= 15 is 0 Å². The number of nitro benzene ring substituents is 1. The molecule has 0 spiro atoms. The van der Waals surface area contributed by atoms with Gasteiger partial charge in [0, 0.05) is 24.7 Å². The SMILES string of the molecule is CCC1C(=O)NCCN1C(=O)c1ccc(OC)c([N+](=O)[O-])c1. The number of ether oxygens (including phenoxy) is 1. The number of hydrogen-bond donors (Lipinski definition) is 1. The van der Waals surface area contributed by atoms with Crippen molar-refractivity contribution in [3.63, 3.8) is 0 Å². The van der Waals surface area contributed by atoms with Gasteiger partial charge >= 0.3 is 5.69 Å². The highest BCUT2D eigenvalue weighted by Gasteiger charge is 2.32. The molecule has 1 heterocycles. The van der Waals surface area contributed by atoms with Crippen LogP contribution in [0.25, 0.3) is 0 Å². The molecule has 2 rings (SSSR count). The molecule has 8 heteroatoms. The summed E-state index contributed by atoms with van der Waals surface area (Å²) < 4.78 is 4.92. The average molecular weight is 307 g/mol. The van der Waals surface area contributed by atoms with Crippen molar-refractivity contribution in [3.8, 4) is 5.75 Å². The van der Waals surface area contributed by atoms with Crippen LogP contribution in [0, 0.1) is 10.1 Å². The lowest BCUT2D eigenvalue weighted by atomic mass is 10.1. The summed E-state index contributed by atoms with van der Waals surface area (Å²) in [6.45, 7) is 2.56. The second-order valence-corrected chi connectivity index (χ2v) is 4.86. The molecule has 1 aliphatic rings. The van der Waals surface area contributed by atoms with Gasteiger partial charge in [0.1, 0.15) is 6.04 Å². The highest BCUT2D eigenvalue weighted by Crippen LogP contribution is 2.28. The summed E-state index contributed by atoms with van der Waals surface area (Å²) in [6.07, 6.45) is 0.482. The van der Waals surface area contributed by atoms with Crippen molar-refractivity contribution in [1.82, 2.24) is 10.2 Å². The molecule has 118 valence electrons. The predicted octanol–water partition coefficient (Wildman–Crippen LogP) is 0.954. The van der Waals surface area contributed by atoms with Crippen LogP contribution in [-0.4, -0.2) is 47.9 Å². The predicted molar refractivity (Wildman–Crippen MR) is 77.8 cm³/mol. The number of carbonyl (C=O) groups is 2. The third-order valence-electron chi connectivity index (χ3n) is 3.60. The molecule has 22 heavy (non-hydrogen) atoms. The number of nitrogens with zero attached hydrogens (tertiary/aromatic N) is 2. The molecule has 1 atom stereocenters. The smallest absolute Gasteiger partial charge is 0.311 e. The Morgan fingerprint density at radius 2 is 2.27 bits per heavy atom. The molecule has 1 aromatic rings. The number of nitro groups is 1. The number of amides is 2. The monoisotopic (exact) mass is 307 g/mol. The van der Waals surface area contributed by atoms with E-state index in [0.717, 1.165) is 0 Å². The normalized spacial score (nSPS) is 17.8. The first kappa shape index (κ1) is 15.7. The Balaban J connectivity index is 2.34. The summed E-state index contributed by atoms with van der Waals surface area (Å²) >= 11 is 0. The minimum absolute atomic E-state index is 0.0879. The van der Waals surface area contributed by atoms with Crippen LogP contribution in [0.15, 0.2) is 18.2 Å². The van der Waals surface area contributed by atoms with E-state index in [9.17, 15) is 19.7 Å². The summed E-state index contributed by atoms with van der Waals surface area (Å²) in [6, 6.07) is 3.48. The molecular formula is C14H17N3O5. The van der Waals surface area contributed by atoms with Gasteiger partial charge in [-0.3, -0.25) is 19.7 Å². The Morgan fingerprint density at radius 1 is 1.55 bits per heavy atom. The van der Waals surface area contributed by atoms with Crippen molar-refractivity contribution in [3.05, 3.63) is 33.9 Å². The van der Waals surface area contributed by atoms with E-state index in [0.29, 0.717) is 19.5 Å². The lowest BCUT2D eigenvalue weighted by Gasteiger charge is -2.34. The number of methoxy groups -OCH3 is 1. The van der Waals surface area contributed by atoms with Crippen LogP contribution in [-0.2, 0) is 4.79 Å². The molecule has 0 aliphatic carbocycles. The number of benzene rings is 1. The molecule has 1 fully saturated rings. The van der Waals surface area contributed by atoms with Gasteiger partial charge < -0.3 is 15.0 Å². The van der Waals surface area contributed by atoms with Crippen molar-refractivity contribution in [2.24, 2.45) is 0 Å². The zero-order valence-electron chi connectivity index (χ0n) is 12.4. The van der Waals surface area contributed by atoms with E-state index in [1.165, 1.54) is 30.2 Å². The Hall–Kier alpha value is -2.64. The number of hydrogen-bond acceptors (Lipinski definition) is 5. The van der Waals surface area contributed by atoms with Gasteiger partial charge in [-0.2, -0.15) is 0 Å². The van der Waals surface area contributed by atoms with Gasteiger partial charge in [0.25, 0.3) is 5.91 Å². The summed E-state index contributed by atoms with van der Waals surface area (Å²) in [5, 5.41) is 13.7. The maximum Gasteiger partial charge on any atom is 0.311 e. The average Bonchev–Trinajstić information content (AvgIpc) is 2.53. The highest BCUT2D eigenvalue weighted by atomic mass is 16.6. The van der Waals surface area contributed by atoms with Crippen molar-refractivity contribution in [2.75, 3.05) is 20.2 Å². The van der Waals surface area contributed by atoms with E-state index in [1.54, 1.807) is 0 Å². The first-order chi connectivity index (χ1) is 10.5. The molecule has 1 N–H and O–H groups in total. The molecule has 1 aliphatic heterocycles. The number of piperazine rings is 1. The molecule has 1 unspecified atom stereocenters. The maximum absolute atomic E-state index is 12.6. The van der Waals surface area contributed by atoms with Gasteiger partial charge in [-0.15, -0.1) is 0 Å². The zero-order chi connectivity index (χ0) is 16.3. The summed E-state index contributed by atoms with van der Waals surface area (Å²) in [5.74, 6) is -0.512. The molecule has 2 amide bonds. The minimum atomic E-state index is -0.601. The lowest BCUT2D eigenvalue weighted by molar-refractivity contribution is -0.385. The number of carbonyl (C=O) groups excluding carboxylic acids is 2. The molecule has 0 aromatic heterocycles. The number of rotatable bonds is 4. The molecule has 0 saturated carbocycles. The Bertz CT molecular complexity index is 616. The van der Waals surface area contributed by atoms with Crippen LogP contribution in [0.1, 0.15) is 23.7 Å². The Kier molecular flexibility index (Phi) is 4.59. The Labute approximate surface area is 127 Å². The summed E-state index contributed by atoms with van der Waals surface area (Å²) in [4.78, 5) is 36.3. The summed E-state index contributed by atoms with van der Waals surface area (Å²) in [7, 11) is 1.33. The van der Waals surface area contributed by atoms with Crippen LogP contribution in [0.2, 0.25) is 0 Å². The fraction of sp³-hybridized carbons (Fsp3) is 0.429. The van der Waals surface area contributed by atoms with Crippen LogP contribution in [0.5, 0.6) is 5.75 Å². The lowest BCUT2D eigenvalue weighted by Crippen LogP contribution is -2.56. The largest absolute Gasteiger partial charge is 0.490 e. The van der Waals surface area contributed by atoms with Crippen LogP contribution >= 0.6 is 0 Å². The molecule has 1 saturated heterocycles. The molecule has 0 radical (unpaired) electrons. The maximum atomic E-state index is 12.6. The van der Waals surface area contributed by atoms with Crippen molar-refractivity contribution in [2.45, 2.75) is 19.4 Å². The van der Waals surface area contributed by atoms with Crippen molar-refractivity contribution >= 4 is 17.5 Å². The standard InChI is InChI=1S/C14H17N3O5/c1-3-10-13(18)15-6-7-16(10)14(19)9-4-5-12(22-2)11(8-9)17(20)21/h4-5,8,10H,3,6-7H2,1-2H3,(H,15,18). The fourth-order valence-electron chi connectivity index (χ4n) is 2.50. The second kappa shape index (κ2) is 6.42. The summed E-state index contributed by atoms with van der Waals surface area (Å²) in [5.41, 5.74) is -0.108. The second-order valence-electron chi connectivity index (χ2n) is 4.86. The molecule has 0 bridgehead atoms. The van der Waals surface area contributed by atoms with E-state index < -0.39 is 16.9 Å². The van der Waals surface area contributed by atoms with Crippen molar-refractivity contribution in [1.29, 1.82) is 0 Å². The van der Waals surface area contributed by atoms with Crippen LogP contribution in [0.4, 0.5) is 5.69 Å². The van der Waals surface area contributed by atoms with Crippen LogP contribution < -0.4 is 10.1 Å². The van der Waals surface area contributed by atoms with Gasteiger partial charge in [0.05, 0.1) is 12.0 Å². The van der Waals surface area contributed by atoms with Gasteiger partial charge in [-0.1, -0.05) is 6.92 Å². The van der Waals surface area contributed by atoms with Gasteiger partial charge in [-0.05, 0) is 18.6 Å². The van der Waals surface area contributed by atoms with E-state index in [1.807, 2.05) is 6.92 Å². The highest BCUT2D eigenvalue weighted by molar-refractivity contribution is 5.98. The third-order valence-corrected chi connectivity index (χ3v) is 3.60. The van der Waals surface area contributed by atoms with Gasteiger partial charge in [0.15, 0.2) is 5.75 Å². The zero-order valence-corrected chi connectivity index (χ0v) is 12.4. The van der Waals surface area contributed by atoms with Gasteiger partial charge in [0.2, 0.25) is 5.91 Å². The number of nitrogens with one attached hydrogen (secondary N) is 1. The van der Waals surface area contributed by atoms with Crippen molar-refractivity contribution < 1.29 is 19.2 Å². The minimum Gasteiger partial charge on any atom is -0.490 e. The quantitative estimate of drug-likeness (QED) is 0.659. The Morgan fingerprint density at radius 3 is 2.86 bits per heavy atom.